The van der Waals surface area contributed by atoms with E-state index in [-0.39, 0.29) is 5.56 Å². The SMILES string of the molecule is Nc1c2c(C(F)(F)F)nc(C(F)(F)F)nc2nn1Cc1ccc(C(F)(F)F)cc1. The number of hydrogen-bond acceptors (Lipinski definition) is 4. The van der Waals surface area contributed by atoms with Crippen LogP contribution in [-0.2, 0) is 25.1 Å². The molecular weight excluding hydrogens is 421 g/mol. The van der Waals surface area contributed by atoms with Crippen molar-refractivity contribution in [3.63, 3.8) is 0 Å². The predicted molar refractivity (Wildman–Crippen MR) is 80.3 cm³/mol. The van der Waals surface area contributed by atoms with Gasteiger partial charge in [0.2, 0.25) is 5.82 Å². The van der Waals surface area contributed by atoms with E-state index >= 15 is 0 Å². The standard InChI is InChI=1S/C15H8F9N5/c16-13(17,18)7-3-1-6(2-4-7)5-29-10(25)8-9(14(19,20)21)26-12(15(22,23)24)27-11(8)28-29/h1-4H,5,25H2. The second-order valence-electron chi connectivity index (χ2n) is 5.83. The van der Waals surface area contributed by atoms with Crippen molar-refractivity contribution in [1.29, 1.82) is 0 Å². The highest BCUT2D eigenvalue weighted by Crippen LogP contribution is 2.38. The van der Waals surface area contributed by atoms with Crippen molar-refractivity contribution in [3.8, 4) is 0 Å². The summed E-state index contributed by atoms with van der Waals surface area (Å²) in [6.07, 6.45) is -15.1. The van der Waals surface area contributed by atoms with Crippen LogP contribution in [0.4, 0.5) is 45.3 Å². The summed E-state index contributed by atoms with van der Waals surface area (Å²) in [6.45, 7) is -0.404. The minimum atomic E-state index is -5.28. The Morgan fingerprint density at radius 1 is 0.793 bits per heavy atom. The lowest BCUT2D eigenvalue weighted by Crippen LogP contribution is -2.17. The maximum atomic E-state index is 13.2. The average Bonchev–Trinajstić information content (AvgIpc) is 2.88. The molecule has 2 N–H and O–H groups in total. The average molecular weight is 429 g/mol. The summed E-state index contributed by atoms with van der Waals surface area (Å²) in [7, 11) is 0. The number of fused-ring (bicyclic) bond motifs is 1. The highest BCUT2D eigenvalue weighted by Gasteiger charge is 2.43. The van der Waals surface area contributed by atoms with Gasteiger partial charge in [-0.1, -0.05) is 12.1 Å². The van der Waals surface area contributed by atoms with E-state index in [1.54, 1.807) is 0 Å². The Bertz CT molecular complexity index is 1050. The number of alkyl halides is 9. The van der Waals surface area contributed by atoms with Crippen molar-refractivity contribution in [2.45, 2.75) is 25.1 Å². The van der Waals surface area contributed by atoms with Gasteiger partial charge in [0.05, 0.1) is 17.5 Å². The zero-order valence-electron chi connectivity index (χ0n) is 13.8. The van der Waals surface area contributed by atoms with E-state index in [0.29, 0.717) is 4.68 Å². The second-order valence-corrected chi connectivity index (χ2v) is 5.83. The van der Waals surface area contributed by atoms with Crippen molar-refractivity contribution in [1.82, 2.24) is 19.7 Å². The summed E-state index contributed by atoms with van der Waals surface area (Å²) in [6, 6.07) is 3.53. The maximum Gasteiger partial charge on any atom is 0.451 e. The van der Waals surface area contributed by atoms with Crippen LogP contribution in [0, 0.1) is 0 Å². The lowest BCUT2D eigenvalue weighted by Gasteiger charge is -2.10. The molecule has 0 saturated heterocycles. The summed E-state index contributed by atoms with van der Waals surface area (Å²) in [4.78, 5) is 5.54. The number of nitrogens with two attached hydrogens (primary N) is 1. The topological polar surface area (TPSA) is 69.6 Å². The normalized spacial score (nSPS) is 13.3. The first-order valence-electron chi connectivity index (χ1n) is 7.52. The minimum absolute atomic E-state index is 0.162. The quantitative estimate of drug-likeness (QED) is 0.609. The Labute approximate surface area is 155 Å². The van der Waals surface area contributed by atoms with Gasteiger partial charge in [-0.15, -0.1) is 5.10 Å². The van der Waals surface area contributed by atoms with Crippen LogP contribution in [0.5, 0.6) is 0 Å². The molecule has 0 aliphatic rings. The van der Waals surface area contributed by atoms with Crippen LogP contribution in [0.3, 0.4) is 0 Å². The van der Waals surface area contributed by atoms with Gasteiger partial charge in [0.25, 0.3) is 0 Å². The molecule has 0 saturated carbocycles. The van der Waals surface area contributed by atoms with Crippen molar-refractivity contribution >= 4 is 16.9 Å². The monoisotopic (exact) mass is 429 g/mol. The summed E-state index contributed by atoms with van der Waals surface area (Å²) in [5.41, 5.74) is 1.95. The summed E-state index contributed by atoms with van der Waals surface area (Å²) < 4.78 is 117. The number of nitrogens with zero attached hydrogens (tertiary/aromatic N) is 4. The molecule has 156 valence electrons. The van der Waals surface area contributed by atoms with Gasteiger partial charge >= 0.3 is 18.5 Å². The number of hydrogen-bond donors (Lipinski definition) is 1. The lowest BCUT2D eigenvalue weighted by molar-refractivity contribution is -0.151. The third-order valence-corrected chi connectivity index (χ3v) is 3.78. The molecule has 5 nitrogen and oxygen atoms in total. The number of halogens is 9. The van der Waals surface area contributed by atoms with Crippen LogP contribution >= 0.6 is 0 Å². The van der Waals surface area contributed by atoms with Gasteiger partial charge < -0.3 is 5.73 Å². The number of rotatable bonds is 2. The Balaban J connectivity index is 2.10. The lowest BCUT2D eigenvalue weighted by atomic mass is 10.1. The van der Waals surface area contributed by atoms with Gasteiger partial charge in [0.15, 0.2) is 11.3 Å². The van der Waals surface area contributed by atoms with Gasteiger partial charge in [0.1, 0.15) is 5.82 Å². The zero-order valence-corrected chi connectivity index (χ0v) is 13.8. The van der Waals surface area contributed by atoms with E-state index in [4.69, 9.17) is 5.73 Å². The van der Waals surface area contributed by atoms with Crippen molar-refractivity contribution < 1.29 is 39.5 Å². The first-order chi connectivity index (χ1) is 13.2. The molecule has 3 rings (SSSR count). The molecule has 0 atom stereocenters. The highest BCUT2D eigenvalue weighted by molar-refractivity contribution is 5.89. The molecule has 0 aliphatic heterocycles. The van der Waals surface area contributed by atoms with Gasteiger partial charge in [-0.2, -0.15) is 39.5 Å². The molecule has 0 fully saturated rings. The van der Waals surface area contributed by atoms with E-state index in [2.05, 4.69) is 15.1 Å². The molecule has 0 radical (unpaired) electrons. The van der Waals surface area contributed by atoms with Crippen LogP contribution < -0.4 is 5.73 Å². The Morgan fingerprint density at radius 3 is 1.86 bits per heavy atom. The zero-order chi connectivity index (χ0) is 21.8. The van der Waals surface area contributed by atoms with Crippen molar-refractivity contribution in [2.75, 3.05) is 5.73 Å². The number of aromatic nitrogens is 4. The van der Waals surface area contributed by atoms with Gasteiger partial charge in [0, 0.05) is 0 Å². The Morgan fingerprint density at radius 2 is 1.38 bits per heavy atom. The van der Waals surface area contributed by atoms with Crippen molar-refractivity contribution in [3.05, 3.63) is 46.9 Å². The molecule has 0 unspecified atom stereocenters. The van der Waals surface area contributed by atoms with Crippen LogP contribution in [0.2, 0.25) is 0 Å². The molecule has 0 aliphatic carbocycles. The first-order valence-corrected chi connectivity index (χ1v) is 7.52. The van der Waals surface area contributed by atoms with E-state index in [1.807, 2.05) is 0 Å². The van der Waals surface area contributed by atoms with Crippen molar-refractivity contribution in [2.24, 2.45) is 0 Å². The number of benzene rings is 1. The Kier molecular flexibility index (Phi) is 4.62. The van der Waals surface area contributed by atoms with Gasteiger partial charge in [-0.25, -0.2) is 14.6 Å². The van der Waals surface area contributed by atoms with E-state index in [1.165, 1.54) is 0 Å². The Hall–Kier alpha value is -3.06. The minimum Gasteiger partial charge on any atom is -0.383 e. The summed E-state index contributed by atoms with van der Waals surface area (Å²) in [5.74, 6) is -2.72. The molecule has 14 heteroatoms. The van der Waals surface area contributed by atoms with Gasteiger partial charge in [-0.05, 0) is 17.7 Å². The summed E-state index contributed by atoms with van der Waals surface area (Å²) >= 11 is 0. The highest BCUT2D eigenvalue weighted by atomic mass is 19.4. The third-order valence-electron chi connectivity index (χ3n) is 3.78. The van der Waals surface area contributed by atoms with Crippen LogP contribution in [0.15, 0.2) is 24.3 Å². The number of nitrogen functional groups attached to an aromatic ring is 1. The second kappa shape index (κ2) is 6.49. The third kappa shape index (κ3) is 4.05. The van der Waals surface area contributed by atoms with E-state index < -0.39 is 59.0 Å². The van der Waals surface area contributed by atoms with Crippen LogP contribution in [-0.4, -0.2) is 19.7 Å². The molecular formula is C15H8F9N5. The molecule has 0 spiro atoms. The fourth-order valence-electron chi connectivity index (χ4n) is 2.48. The maximum absolute atomic E-state index is 13.2. The van der Waals surface area contributed by atoms with Gasteiger partial charge in [-0.3, -0.25) is 0 Å². The molecule has 2 heterocycles. The molecule has 3 aromatic rings. The first kappa shape index (κ1) is 20.7. The molecule has 0 amide bonds. The predicted octanol–water partition coefficient (Wildman–Crippen LogP) is 4.51. The van der Waals surface area contributed by atoms with E-state index in [9.17, 15) is 39.5 Å². The van der Waals surface area contributed by atoms with Crippen LogP contribution in [0.1, 0.15) is 22.6 Å². The summed E-state index contributed by atoms with van der Waals surface area (Å²) in [5, 5.41) is 2.61. The number of anilines is 1. The molecule has 0 bridgehead atoms. The molecule has 1 aromatic carbocycles. The smallest absolute Gasteiger partial charge is 0.383 e. The molecule has 2 aromatic heterocycles. The molecule has 29 heavy (non-hydrogen) atoms. The largest absolute Gasteiger partial charge is 0.451 e. The fourth-order valence-corrected chi connectivity index (χ4v) is 2.48. The fraction of sp³-hybridized carbons (Fsp3) is 0.267. The van der Waals surface area contributed by atoms with E-state index in [0.717, 1.165) is 24.3 Å². The van der Waals surface area contributed by atoms with Crippen LogP contribution in [0.25, 0.3) is 11.0 Å².